The summed E-state index contributed by atoms with van der Waals surface area (Å²) in [5.74, 6) is -0.115. The average Bonchev–Trinajstić information content (AvgIpc) is 3.19. The number of rotatable bonds is 9. The molecular formula is C30H32N4O4S. The Kier molecular flexibility index (Phi) is 8.21. The lowest BCUT2D eigenvalue weighted by molar-refractivity contribution is -0.119. The number of nitrogens with zero attached hydrogens (tertiary/aromatic N) is 3. The summed E-state index contributed by atoms with van der Waals surface area (Å²) in [5, 5.41) is 4.13. The molecule has 1 aromatic heterocycles. The highest BCUT2D eigenvalue weighted by Crippen LogP contribution is 2.27. The molecule has 39 heavy (non-hydrogen) atoms. The highest BCUT2D eigenvalue weighted by Gasteiger charge is 2.27. The van der Waals surface area contributed by atoms with Crippen molar-refractivity contribution in [3.63, 3.8) is 0 Å². The van der Waals surface area contributed by atoms with E-state index in [4.69, 9.17) is 4.74 Å². The number of carbonyl (C=O) groups excluding carboxylic acids is 1. The van der Waals surface area contributed by atoms with Crippen LogP contribution >= 0.6 is 0 Å². The third-order valence-corrected chi connectivity index (χ3v) is 8.15. The Hall–Kier alpha value is -4.37. The maximum absolute atomic E-state index is 13.6. The zero-order valence-corrected chi connectivity index (χ0v) is 23.5. The number of aryl methyl sites for hydroxylation is 3. The van der Waals surface area contributed by atoms with Gasteiger partial charge in [-0.05, 0) is 75.7 Å². The van der Waals surface area contributed by atoms with Gasteiger partial charge in [-0.2, -0.15) is 5.10 Å². The number of aromatic nitrogens is 1. The molecule has 0 saturated heterocycles. The number of sulfonamides is 1. The number of hydrogen-bond acceptors (Lipinski definition) is 5. The van der Waals surface area contributed by atoms with Crippen LogP contribution in [0, 0.1) is 27.7 Å². The molecule has 0 aliphatic carbocycles. The zero-order chi connectivity index (χ0) is 28.2. The molecule has 0 atom stereocenters. The first kappa shape index (κ1) is 27.7. The van der Waals surface area contributed by atoms with Gasteiger partial charge >= 0.3 is 0 Å². The molecule has 0 bridgehead atoms. The Balaban J connectivity index is 1.57. The predicted molar refractivity (Wildman–Crippen MR) is 154 cm³/mol. The Morgan fingerprint density at radius 2 is 1.67 bits per heavy atom. The smallest absolute Gasteiger partial charge is 0.264 e. The molecule has 0 spiro atoms. The molecule has 0 aliphatic rings. The van der Waals surface area contributed by atoms with E-state index >= 15 is 0 Å². The van der Waals surface area contributed by atoms with Crippen LogP contribution in [0.3, 0.4) is 0 Å². The number of anilines is 1. The van der Waals surface area contributed by atoms with E-state index in [0.717, 1.165) is 38.1 Å². The predicted octanol–water partition coefficient (Wildman–Crippen LogP) is 5.07. The SMILES string of the molecule is COc1cccc(N(CC(=O)N/N=C\c2cc(C)n(-c3cccc(C)c3)c2C)S(=O)(=O)c2ccc(C)cc2)c1. The van der Waals surface area contributed by atoms with Crippen LogP contribution in [0.25, 0.3) is 5.69 Å². The first-order chi connectivity index (χ1) is 18.6. The minimum Gasteiger partial charge on any atom is -0.497 e. The fourth-order valence-corrected chi connectivity index (χ4v) is 5.75. The molecule has 0 aliphatic heterocycles. The number of nitrogens with one attached hydrogen (secondary N) is 1. The molecule has 3 aromatic carbocycles. The van der Waals surface area contributed by atoms with Gasteiger partial charge in [0.05, 0.1) is 23.9 Å². The first-order valence-corrected chi connectivity index (χ1v) is 13.9. The van der Waals surface area contributed by atoms with Crippen LogP contribution in [0.15, 0.2) is 88.9 Å². The van der Waals surface area contributed by atoms with Crippen molar-refractivity contribution < 1.29 is 17.9 Å². The Labute approximate surface area is 229 Å². The molecule has 4 rings (SSSR count). The quantitative estimate of drug-likeness (QED) is 0.235. The molecule has 0 fully saturated rings. The van der Waals surface area contributed by atoms with Gasteiger partial charge in [-0.25, -0.2) is 13.8 Å². The van der Waals surface area contributed by atoms with E-state index in [2.05, 4.69) is 21.2 Å². The molecule has 1 amide bonds. The monoisotopic (exact) mass is 544 g/mol. The van der Waals surface area contributed by atoms with Gasteiger partial charge < -0.3 is 9.30 Å². The minimum atomic E-state index is -4.05. The lowest BCUT2D eigenvalue weighted by atomic mass is 10.2. The number of methoxy groups -OCH3 is 1. The largest absolute Gasteiger partial charge is 0.497 e. The molecule has 9 heteroatoms. The Morgan fingerprint density at radius 3 is 2.36 bits per heavy atom. The van der Waals surface area contributed by atoms with E-state index < -0.39 is 22.5 Å². The summed E-state index contributed by atoms with van der Waals surface area (Å²) >= 11 is 0. The fraction of sp³-hybridized carbons (Fsp3) is 0.200. The standard InChI is InChI=1S/C30H32N4O4S/c1-21-12-14-29(15-13-21)39(36,37)33(26-9-7-11-28(18-26)38-5)20-30(35)32-31-19-25-17-23(3)34(24(25)4)27-10-6-8-22(2)16-27/h6-19H,20H2,1-5H3,(H,32,35)/b31-19-. The molecule has 202 valence electrons. The van der Waals surface area contributed by atoms with Crippen molar-refractivity contribution in [1.82, 2.24) is 9.99 Å². The number of hydrogen-bond donors (Lipinski definition) is 1. The average molecular weight is 545 g/mol. The summed E-state index contributed by atoms with van der Waals surface area (Å²) in [4.78, 5) is 13.0. The first-order valence-electron chi connectivity index (χ1n) is 12.4. The number of amides is 1. The van der Waals surface area contributed by atoms with Crippen molar-refractivity contribution in [3.8, 4) is 11.4 Å². The van der Waals surface area contributed by atoms with Crippen LogP contribution in [0.1, 0.15) is 28.1 Å². The molecule has 4 aromatic rings. The highest BCUT2D eigenvalue weighted by atomic mass is 32.2. The number of ether oxygens (including phenoxy) is 1. The van der Waals surface area contributed by atoms with Gasteiger partial charge in [0.1, 0.15) is 12.3 Å². The highest BCUT2D eigenvalue weighted by molar-refractivity contribution is 7.92. The molecular weight excluding hydrogens is 512 g/mol. The third-order valence-electron chi connectivity index (χ3n) is 6.36. The van der Waals surface area contributed by atoms with Crippen molar-refractivity contribution in [2.45, 2.75) is 32.6 Å². The van der Waals surface area contributed by atoms with Crippen molar-refractivity contribution in [2.24, 2.45) is 5.10 Å². The van der Waals surface area contributed by atoms with Crippen molar-refractivity contribution in [1.29, 1.82) is 0 Å². The second kappa shape index (κ2) is 11.6. The van der Waals surface area contributed by atoms with Gasteiger partial charge in [0, 0.05) is 28.7 Å². The molecule has 0 unspecified atom stereocenters. The second-order valence-corrected chi connectivity index (χ2v) is 11.2. The normalized spacial score (nSPS) is 11.5. The van der Waals surface area contributed by atoms with Crippen LogP contribution in [0.2, 0.25) is 0 Å². The lowest BCUT2D eigenvalue weighted by Gasteiger charge is -2.24. The van der Waals surface area contributed by atoms with Crippen molar-refractivity contribution >= 4 is 27.8 Å². The topological polar surface area (TPSA) is 93.0 Å². The zero-order valence-electron chi connectivity index (χ0n) is 22.7. The number of hydrazone groups is 1. The number of benzene rings is 3. The van der Waals surface area contributed by atoms with Gasteiger partial charge in [0.2, 0.25) is 0 Å². The summed E-state index contributed by atoms with van der Waals surface area (Å²) < 4.78 is 35.6. The van der Waals surface area contributed by atoms with E-state index in [-0.39, 0.29) is 4.90 Å². The van der Waals surface area contributed by atoms with E-state index in [0.29, 0.717) is 11.4 Å². The molecule has 0 radical (unpaired) electrons. The van der Waals surface area contributed by atoms with E-state index in [1.54, 1.807) is 42.6 Å². The van der Waals surface area contributed by atoms with Gasteiger partial charge in [-0.1, -0.05) is 35.9 Å². The van der Waals surface area contributed by atoms with Gasteiger partial charge in [-0.15, -0.1) is 0 Å². The van der Waals surface area contributed by atoms with Crippen molar-refractivity contribution in [3.05, 3.63) is 107 Å². The lowest BCUT2D eigenvalue weighted by Crippen LogP contribution is -2.39. The Bertz CT molecular complexity index is 1620. The second-order valence-electron chi connectivity index (χ2n) is 9.32. The van der Waals surface area contributed by atoms with Crippen LogP contribution in [0.4, 0.5) is 5.69 Å². The van der Waals surface area contributed by atoms with Crippen LogP contribution in [-0.2, 0) is 14.8 Å². The maximum Gasteiger partial charge on any atom is 0.264 e. The molecule has 8 nitrogen and oxygen atoms in total. The summed E-state index contributed by atoms with van der Waals surface area (Å²) in [6, 6.07) is 23.2. The maximum atomic E-state index is 13.6. The van der Waals surface area contributed by atoms with Gasteiger partial charge in [0.25, 0.3) is 15.9 Å². The summed E-state index contributed by atoms with van der Waals surface area (Å²) in [7, 11) is -2.55. The molecule has 1 N–H and O–H groups in total. The summed E-state index contributed by atoms with van der Waals surface area (Å²) in [6.45, 7) is 7.44. The fourth-order valence-electron chi connectivity index (χ4n) is 4.34. The molecule has 0 saturated carbocycles. The van der Waals surface area contributed by atoms with Crippen LogP contribution in [0.5, 0.6) is 5.75 Å². The van der Waals surface area contributed by atoms with E-state index in [1.807, 2.05) is 52.0 Å². The van der Waals surface area contributed by atoms with Crippen LogP contribution in [-0.4, -0.2) is 38.8 Å². The van der Waals surface area contributed by atoms with E-state index in [9.17, 15) is 13.2 Å². The third kappa shape index (κ3) is 6.21. The van der Waals surface area contributed by atoms with Crippen LogP contribution < -0.4 is 14.5 Å². The minimum absolute atomic E-state index is 0.0795. The molecule has 1 heterocycles. The Morgan fingerprint density at radius 1 is 0.949 bits per heavy atom. The van der Waals surface area contributed by atoms with Crippen molar-refractivity contribution in [2.75, 3.05) is 18.0 Å². The van der Waals surface area contributed by atoms with Gasteiger partial charge in [0.15, 0.2) is 0 Å². The van der Waals surface area contributed by atoms with E-state index in [1.165, 1.54) is 19.2 Å². The van der Waals surface area contributed by atoms with Gasteiger partial charge in [-0.3, -0.25) is 9.10 Å². The summed E-state index contributed by atoms with van der Waals surface area (Å²) in [5.41, 5.74) is 8.75. The summed E-state index contributed by atoms with van der Waals surface area (Å²) in [6.07, 6.45) is 1.57. The number of carbonyl (C=O) groups is 1.